The highest BCUT2D eigenvalue weighted by Crippen LogP contribution is 2.13. The van der Waals surface area contributed by atoms with E-state index in [1.54, 1.807) is 14.2 Å². The Morgan fingerprint density at radius 3 is 2.92 bits per heavy atom. The van der Waals surface area contributed by atoms with Gasteiger partial charge in [0.15, 0.2) is 0 Å². The van der Waals surface area contributed by atoms with E-state index in [0.717, 1.165) is 6.54 Å². The molecule has 2 radical (unpaired) electrons. The van der Waals surface area contributed by atoms with Crippen LogP contribution in [-0.4, -0.2) is 60.0 Å². The summed E-state index contributed by atoms with van der Waals surface area (Å²) in [5.74, 6) is 0. The third kappa shape index (κ3) is 2.95. The molecule has 1 saturated heterocycles. The number of ether oxygens (including phenoxy) is 3. The van der Waals surface area contributed by atoms with E-state index < -0.39 is 0 Å². The fraction of sp³-hybridized carbons (Fsp3) is 1.00. The molecule has 1 heterocycles. The summed E-state index contributed by atoms with van der Waals surface area (Å²) in [5, 5.41) is 3.23. The molecule has 1 aliphatic rings. The van der Waals surface area contributed by atoms with Gasteiger partial charge in [-0.3, -0.25) is 0 Å². The van der Waals surface area contributed by atoms with Crippen LogP contribution >= 0.6 is 0 Å². The average molecular weight is 185 g/mol. The van der Waals surface area contributed by atoms with Crippen LogP contribution in [0.4, 0.5) is 0 Å². The van der Waals surface area contributed by atoms with Gasteiger partial charge in [0.25, 0.3) is 0 Å². The first-order chi connectivity index (χ1) is 6.29. The van der Waals surface area contributed by atoms with Crippen molar-refractivity contribution in [2.45, 2.75) is 18.1 Å². The van der Waals surface area contributed by atoms with Crippen LogP contribution < -0.4 is 5.32 Å². The highest BCUT2D eigenvalue weighted by molar-refractivity contribution is 6.11. The lowest BCUT2D eigenvalue weighted by Crippen LogP contribution is -2.45. The van der Waals surface area contributed by atoms with Crippen molar-refractivity contribution < 1.29 is 14.2 Å². The van der Waals surface area contributed by atoms with Crippen molar-refractivity contribution >= 4 is 7.85 Å². The van der Waals surface area contributed by atoms with Crippen LogP contribution in [0.25, 0.3) is 0 Å². The molecule has 0 amide bonds. The Hall–Kier alpha value is -0.0951. The van der Waals surface area contributed by atoms with Gasteiger partial charge in [-0.1, -0.05) is 0 Å². The number of hydrogen-bond acceptors (Lipinski definition) is 4. The molecule has 0 spiro atoms. The summed E-state index contributed by atoms with van der Waals surface area (Å²) in [6.45, 7) is 1.99. The molecule has 0 aromatic rings. The van der Waals surface area contributed by atoms with Gasteiger partial charge in [-0.05, 0) is 0 Å². The lowest BCUT2D eigenvalue weighted by Gasteiger charge is -2.21. The summed E-state index contributed by atoms with van der Waals surface area (Å²) in [4.78, 5) is 0. The van der Waals surface area contributed by atoms with E-state index in [2.05, 4.69) is 5.32 Å². The molecule has 4 nitrogen and oxygen atoms in total. The minimum atomic E-state index is -0.276. The zero-order valence-corrected chi connectivity index (χ0v) is 8.16. The quantitative estimate of drug-likeness (QED) is 0.446. The Labute approximate surface area is 80.3 Å². The minimum Gasteiger partial charge on any atom is -0.384 e. The Morgan fingerprint density at radius 2 is 2.31 bits per heavy atom. The molecule has 1 fully saturated rings. The minimum absolute atomic E-state index is 0.0480. The van der Waals surface area contributed by atoms with Crippen molar-refractivity contribution in [3.05, 3.63) is 0 Å². The average Bonchev–Trinajstić information content (AvgIpc) is 2.48. The van der Waals surface area contributed by atoms with Gasteiger partial charge in [0.05, 0.1) is 25.4 Å². The molecule has 1 rings (SSSR count). The molecule has 1 aliphatic heterocycles. The van der Waals surface area contributed by atoms with Gasteiger partial charge in [-0.2, -0.15) is 0 Å². The van der Waals surface area contributed by atoms with Crippen molar-refractivity contribution in [2.24, 2.45) is 0 Å². The summed E-state index contributed by atoms with van der Waals surface area (Å²) in [6, 6.07) is -0.207. The maximum absolute atomic E-state index is 5.72. The first-order valence-electron chi connectivity index (χ1n) is 4.42. The zero-order chi connectivity index (χ0) is 9.68. The molecule has 0 aromatic heterocycles. The molecule has 0 aromatic carbocycles. The topological polar surface area (TPSA) is 39.7 Å². The Morgan fingerprint density at radius 1 is 1.54 bits per heavy atom. The first kappa shape index (κ1) is 11.0. The molecule has 13 heavy (non-hydrogen) atoms. The van der Waals surface area contributed by atoms with Gasteiger partial charge < -0.3 is 19.5 Å². The lowest BCUT2D eigenvalue weighted by atomic mass is 9.91. The summed E-state index contributed by atoms with van der Waals surface area (Å²) >= 11 is 0. The van der Waals surface area contributed by atoms with Gasteiger partial charge in [0.2, 0.25) is 0 Å². The van der Waals surface area contributed by atoms with Crippen molar-refractivity contribution in [3.8, 4) is 0 Å². The molecular formula is C8H16BNO3. The van der Waals surface area contributed by atoms with Crippen molar-refractivity contribution in [1.29, 1.82) is 0 Å². The second-order valence-electron chi connectivity index (χ2n) is 3.04. The van der Waals surface area contributed by atoms with Gasteiger partial charge in [0, 0.05) is 26.8 Å². The summed E-state index contributed by atoms with van der Waals surface area (Å²) in [7, 11) is 9.05. The van der Waals surface area contributed by atoms with Gasteiger partial charge in [-0.15, -0.1) is 0 Å². The second-order valence-corrected chi connectivity index (χ2v) is 3.04. The summed E-state index contributed by atoms with van der Waals surface area (Å²) in [6.07, 6.45) is 0.0480. The lowest BCUT2D eigenvalue weighted by molar-refractivity contribution is 0.0711. The Kier molecular flexibility index (Phi) is 4.73. The highest BCUT2D eigenvalue weighted by Gasteiger charge is 2.33. The van der Waals surface area contributed by atoms with E-state index in [-0.39, 0.29) is 18.1 Å². The largest absolute Gasteiger partial charge is 0.384 e. The standard InChI is InChI=1S/C8H16BNO3/c1-11-4-3-10-7-6(12-2)5-13-8(7)9/h6-8,10H,3-5H2,1-2H3/t6-,7?,8+/m0/s1. The van der Waals surface area contributed by atoms with Crippen molar-refractivity contribution in [2.75, 3.05) is 34.0 Å². The third-order valence-electron chi connectivity index (χ3n) is 2.20. The van der Waals surface area contributed by atoms with Crippen LogP contribution in [0.1, 0.15) is 0 Å². The van der Waals surface area contributed by atoms with Crippen LogP contribution in [0, 0.1) is 0 Å². The van der Waals surface area contributed by atoms with Gasteiger partial charge in [-0.25, -0.2) is 0 Å². The maximum atomic E-state index is 5.72. The van der Waals surface area contributed by atoms with Crippen LogP contribution in [0.3, 0.4) is 0 Å². The fourth-order valence-electron chi connectivity index (χ4n) is 1.41. The van der Waals surface area contributed by atoms with E-state index in [1.807, 2.05) is 0 Å². The molecule has 0 aliphatic carbocycles. The predicted molar refractivity (Wildman–Crippen MR) is 50.0 cm³/mol. The smallest absolute Gasteiger partial charge is 0.111 e. The molecule has 74 valence electrons. The van der Waals surface area contributed by atoms with Crippen molar-refractivity contribution in [3.63, 3.8) is 0 Å². The molecule has 0 bridgehead atoms. The van der Waals surface area contributed by atoms with Crippen LogP contribution in [0.5, 0.6) is 0 Å². The molecular weight excluding hydrogens is 169 g/mol. The second kappa shape index (κ2) is 5.60. The summed E-state index contributed by atoms with van der Waals surface area (Å²) in [5.41, 5.74) is 0. The Bertz CT molecular complexity index is 147. The monoisotopic (exact) mass is 185 g/mol. The van der Waals surface area contributed by atoms with E-state index >= 15 is 0 Å². The van der Waals surface area contributed by atoms with Crippen LogP contribution in [-0.2, 0) is 14.2 Å². The zero-order valence-electron chi connectivity index (χ0n) is 8.16. The SMILES string of the molecule is [B][C@@H]1OC[C@H](OC)C1NCCOC. The predicted octanol–water partition coefficient (Wildman–Crippen LogP) is -0.869. The van der Waals surface area contributed by atoms with E-state index in [4.69, 9.17) is 22.1 Å². The van der Waals surface area contributed by atoms with Gasteiger partial charge in [0.1, 0.15) is 7.85 Å². The third-order valence-corrected chi connectivity index (χ3v) is 2.20. The molecule has 1 unspecified atom stereocenters. The normalized spacial score (nSPS) is 33.8. The number of nitrogens with one attached hydrogen (secondary N) is 1. The highest BCUT2D eigenvalue weighted by atomic mass is 16.5. The maximum Gasteiger partial charge on any atom is 0.111 e. The van der Waals surface area contributed by atoms with E-state index in [9.17, 15) is 0 Å². The first-order valence-corrected chi connectivity index (χ1v) is 4.42. The van der Waals surface area contributed by atoms with Crippen LogP contribution in [0.2, 0.25) is 0 Å². The van der Waals surface area contributed by atoms with Gasteiger partial charge >= 0.3 is 0 Å². The van der Waals surface area contributed by atoms with Crippen LogP contribution in [0.15, 0.2) is 0 Å². The number of rotatable bonds is 5. The van der Waals surface area contributed by atoms with Crippen molar-refractivity contribution in [1.82, 2.24) is 5.32 Å². The van der Waals surface area contributed by atoms with E-state index in [1.165, 1.54) is 0 Å². The molecule has 1 N–H and O–H groups in total. The molecule has 0 saturated carbocycles. The molecule has 3 atom stereocenters. The fourth-order valence-corrected chi connectivity index (χ4v) is 1.41. The van der Waals surface area contributed by atoms with E-state index in [0.29, 0.717) is 13.2 Å². The summed E-state index contributed by atoms with van der Waals surface area (Å²) < 4.78 is 15.4. The Balaban J connectivity index is 2.27. The molecule has 5 heteroatoms. The number of hydrogen-bond donors (Lipinski definition) is 1. The number of methoxy groups -OCH3 is 2.